The molecule has 0 aliphatic carbocycles. The Kier molecular flexibility index (Phi) is 4.47. The fourth-order valence-electron chi connectivity index (χ4n) is 1.80. The molecule has 0 spiro atoms. The number of carbonyl (C=O) groups is 1. The minimum Gasteiger partial charge on any atom is -0.331 e. The number of urea groups is 1. The number of carbonyl (C=O) groups excluding carboxylic acids is 1. The first-order valence-corrected chi connectivity index (χ1v) is 6.25. The molecule has 2 N–H and O–H groups in total. The lowest BCUT2D eigenvalue weighted by atomic mass is 10.1. The van der Waals surface area contributed by atoms with Gasteiger partial charge in [-0.2, -0.15) is 0 Å². The highest BCUT2D eigenvalue weighted by Gasteiger charge is 2.16. The summed E-state index contributed by atoms with van der Waals surface area (Å²) in [6.45, 7) is 1.75. The van der Waals surface area contributed by atoms with Crippen molar-refractivity contribution in [2.24, 2.45) is 0 Å². The molecule has 0 heterocycles. The average Bonchev–Trinajstić information content (AvgIpc) is 2.49. The third-order valence-corrected chi connectivity index (χ3v) is 2.93. The van der Waals surface area contributed by atoms with Gasteiger partial charge in [0, 0.05) is 0 Å². The van der Waals surface area contributed by atoms with Gasteiger partial charge in [0.15, 0.2) is 17.5 Å². The fraction of sp³-hybridized carbons (Fsp3) is 0.133. The minimum atomic E-state index is -1.62. The maximum absolute atomic E-state index is 13.4. The minimum absolute atomic E-state index is 0.320. The Bertz CT molecular complexity index is 647. The molecule has 1 unspecified atom stereocenters. The van der Waals surface area contributed by atoms with Gasteiger partial charge in [0.1, 0.15) is 0 Å². The van der Waals surface area contributed by atoms with E-state index < -0.39 is 29.2 Å². The van der Waals surface area contributed by atoms with E-state index in [1.165, 1.54) is 0 Å². The molecule has 2 aromatic carbocycles. The standard InChI is InChI=1S/C15H13F3N2O/c1-9(10-5-3-2-4-6-10)19-15(21)20-12-8-7-11(16)13(17)14(12)18/h2-9H,1H3,(H2,19,20,21). The van der Waals surface area contributed by atoms with E-state index in [-0.39, 0.29) is 6.04 Å². The van der Waals surface area contributed by atoms with Crippen LogP contribution in [0.3, 0.4) is 0 Å². The topological polar surface area (TPSA) is 41.1 Å². The van der Waals surface area contributed by atoms with Crippen LogP contribution < -0.4 is 10.6 Å². The van der Waals surface area contributed by atoms with Crippen LogP contribution in [-0.2, 0) is 0 Å². The molecule has 2 rings (SSSR count). The molecule has 0 aliphatic heterocycles. The summed E-state index contributed by atoms with van der Waals surface area (Å²) in [5.74, 6) is -4.36. The third kappa shape index (κ3) is 3.53. The van der Waals surface area contributed by atoms with Gasteiger partial charge in [-0.15, -0.1) is 0 Å². The molecular weight excluding hydrogens is 281 g/mol. The Hall–Kier alpha value is -2.50. The quantitative estimate of drug-likeness (QED) is 0.826. The van der Waals surface area contributed by atoms with Crippen LogP contribution in [0.5, 0.6) is 0 Å². The molecule has 0 saturated carbocycles. The van der Waals surface area contributed by atoms with Crippen molar-refractivity contribution in [3.63, 3.8) is 0 Å². The van der Waals surface area contributed by atoms with Gasteiger partial charge in [-0.3, -0.25) is 0 Å². The van der Waals surface area contributed by atoms with Gasteiger partial charge in [-0.1, -0.05) is 30.3 Å². The number of nitrogens with one attached hydrogen (secondary N) is 2. The first-order valence-electron chi connectivity index (χ1n) is 6.25. The predicted octanol–water partition coefficient (Wildman–Crippen LogP) is 3.99. The lowest BCUT2D eigenvalue weighted by molar-refractivity contribution is 0.249. The summed E-state index contributed by atoms with van der Waals surface area (Å²) in [4.78, 5) is 11.7. The smallest absolute Gasteiger partial charge is 0.319 e. The van der Waals surface area contributed by atoms with Crippen LogP contribution in [0.15, 0.2) is 42.5 Å². The normalized spacial score (nSPS) is 11.8. The van der Waals surface area contributed by atoms with E-state index in [1.54, 1.807) is 6.92 Å². The molecule has 3 nitrogen and oxygen atoms in total. The van der Waals surface area contributed by atoms with Gasteiger partial charge in [-0.05, 0) is 24.6 Å². The van der Waals surface area contributed by atoms with E-state index in [0.717, 1.165) is 17.7 Å². The molecule has 2 aromatic rings. The zero-order chi connectivity index (χ0) is 15.4. The zero-order valence-electron chi connectivity index (χ0n) is 11.2. The van der Waals surface area contributed by atoms with Crippen LogP contribution in [0.2, 0.25) is 0 Å². The van der Waals surface area contributed by atoms with Gasteiger partial charge >= 0.3 is 6.03 Å². The first kappa shape index (κ1) is 14.9. The summed E-state index contributed by atoms with van der Waals surface area (Å²) in [6.07, 6.45) is 0. The van der Waals surface area contributed by atoms with Gasteiger partial charge < -0.3 is 10.6 Å². The Morgan fingerprint density at radius 3 is 2.33 bits per heavy atom. The number of amides is 2. The molecule has 1 atom stereocenters. The van der Waals surface area contributed by atoms with Crippen molar-refractivity contribution in [2.75, 3.05) is 5.32 Å². The molecule has 0 aromatic heterocycles. The van der Waals surface area contributed by atoms with E-state index in [1.807, 2.05) is 30.3 Å². The Morgan fingerprint density at radius 2 is 1.67 bits per heavy atom. The van der Waals surface area contributed by atoms with E-state index in [2.05, 4.69) is 10.6 Å². The van der Waals surface area contributed by atoms with Crippen LogP contribution in [0.4, 0.5) is 23.7 Å². The fourth-order valence-corrected chi connectivity index (χ4v) is 1.80. The molecule has 0 saturated heterocycles. The summed E-state index contributed by atoms with van der Waals surface area (Å²) in [5.41, 5.74) is 0.435. The number of anilines is 1. The highest BCUT2D eigenvalue weighted by molar-refractivity contribution is 5.89. The molecule has 110 valence electrons. The summed E-state index contributed by atoms with van der Waals surface area (Å²) in [5, 5.41) is 4.72. The first-order chi connectivity index (χ1) is 9.99. The lowest BCUT2D eigenvalue weighted by Gasteiger charge is -2.15. The largest absolute Gasteiger partial charge is 0.331 e. The monoisotopic (exact) mass is 294 g/mol. The van der Waals surface area contributed by atoms with Crippen molar-refractivity contribution >= 4 is 11.7 Å². The second kappa shape index (κ2) is 6.30. The second-order valence-electron chi connectivity index (χ2n) is 4.45. The molecular formula is C15H13F3N2O. The molecule has 0 bridgehead atoms. The van der Waals surface area contributed by atoms with E-state index >= 15 is 0 Å². The molecule has 0 aliphatic rings. The number of rotatable bonds is 3. The van der Waals surface area contributed by atoms with Crippen molar-refractivity contribution in [2.45, 2.75) is 13.0 Å². The summed E-state index contributed by atoms with van der Waals surface area (Å²) < 4.78 is 39.3. The van der Waals surface area contributed by atoms with Crippen molar-refractivity contribution in [3.8, 4) is 0 Å². The number of hydrogen-bond acceptors (Lipinski definition) is 1. The number of benzene rings is 2. The summed E-state index contributed by atoms with van der Waals surface area (Å²) in [7, 11) is 0. The Balaban J connectivity index is 2.04. The lowest BCUT2D eigenvalue weighted by Crippen LogP contribution is -2.31. The van der Waals surface area contributed by atoms with E-state index in [0.29, 0.717) is 0 Å². The van der Waals surface area contributed by atoms with Crippen molar-refractivity contribution in [1.29, 1.82) is 0 Å². The van der Waals surface area contributed by atoms with E-state index in [9.17, 15) is 18.0 Å². The molecule has 0 radical (unpaired) electrons. The Morgan fingerprint density at radius 1 is 1.00 bits per heavy atom. The van der Waals surface area contributed by atoms with Crippen molar-refractivity contribution in [3.05, 3.63) is 65.5 Å². The SMILES string of the molecule is CC(NC(=O)Nc1ccc(F)c(F)c1F)c1ccccc1. The number of hydrogen-bond donors (Lipinski definition) is 2. The van der Waals surface area contributed by atoms with Crippen molar-refractivity contribution < 1.29 is 18.0 Å². The maximum Gasteiger partial charge on any atom is 0.319 e. The summed E-state index contributed by atoms with van der Waals surface area (Å²) >= 11 is 0. The van der Waals surface area contributed by atoms with Crippen molar-refractivity contribution in [1.82, 2.24) is 5.32 Å². The highest BCUT2D eigenvalue weighted by atomic mass is 19.2. The molecule has 0 fully saturated rings. The van der Waals surface area contributed by atoms with Crippen LogP contribution in [0.1, 0.15) is 18.5 Å². The van der Waals surface area contributed by atoms with E-state index in [4.69, 9.17) is 0 Å². The molecule has 6 heteroatoms. The third-order valence-electron chi connectivity index (χ3n) is 2.93. The molecule has 2 amide bonds. The van der Waals surface area contributed by atoms with Crippen LogP contribution >= 0.6 is 0 Å². The maximum atomic E-state index is 13.4. The van der Waals surface area contributed by atoms with Gasteiger partial charge in [0.25, 0.3) is 0 Å². The Labute approximate surface area is 119 Å². The summed E-state index contributed by atoms with van der Waals surface area (Å²) in [6, 6.07) is 9.80. The average molecular weight is 294 g/mol. The van der Waals surface area contributed by atoms with Gasteiger partial charge in [0.05, 0.1) is 11.7 Å². The van der Waals surface area contributed by atoms with Gasteiger partial charge in [0.2, 0.25) is 0 Å². The number of halogens is 3. The van der Waals surface area contributed by atoms with Crippen LogP contribution in [-0.4, -0.2) is 6.03 Å². The van der Waals surface area contributed by atoms with Crippen LogP contribution in [0, 0.1) is 17.5 Å². The molecule has 21 heavy (non-hydrogen) atoms. The van der Waals surface area contributed by atoms with Crippen LogP contribution in [0.25, 0.3) is 0 Å². The second-order valence-corrected chi connectivity index (χ2v) is 4.45. The van der Waals surface area contributed by atoms with Gasteiger partial charge in [-0.25, -0.2) is 18.0 Å². The zero-order valence-corrected chi connectivity index (χ0v) is 11.2. The highest BCUT2D eigenvalue weighted by Crippen LogP contribution is 2.20. The predicted molar refractivity (Wildman–Crippen MR) is 73.3 cm³/mol.